The van der Waals surface area contributed by atoms with Crippen molar-refractivity contribution in [2.75, 3.05) is 13.1 Å². The molecule has 138 valence electrons. The largest absolute Gasteiger partial charge is 0.471 e. The number of ether oxygens (including phenoxy) is 1. The summed E-state index contributed by atoms with van der Waals surface area (Å²) in [5.41, 5.74) is 0.161. The summed E-state index contributed by atoms with van der Waals surface area (Å²) >= 11 is 0. The Balaban J connectivity index is 1.58. The summed E-state index contributed by atoms with van der Waals surface area (Å²) in [7, 11) is 0. The molecule has 0 aliphatic carbocycles. The van der Waals surface area contributed by atoms with Crippen molar-refractivity contribution >= 4 is 5.91 Å². The van der Waals surface area contributed by atoms with E-state index in [0.717, 1.165) is 23.9 Å². The second kappa shape index (κ2) is 7.35. The van der Waals surface area contributed by atoms with Gasteiger partial charge in [-0.15, -0.1) is 0 Å². The molecule has 1 saturated heterocycles. The quantitative estimate of drug-likeness (QED) is 0.809. The maximum absolute atomic E-state index is 12.7. The number of pyridine rings is 1. The lowest BCUT2D eigenvalue weighted by Crippen LogP contribution is -2.57. The van der Waals surface area contributed by atoms with E-state index in [1.54, 1.807) is 4.90 Å². The lowest BCUT2D eigenvalue weighted by atomic mass is 9.93. The summed E-state index contributed by atoms with van der Waals surface area (Å²) in [5.74, 6) is -0.286. The number of carbonyl (C=O) groups is 1. The van der Waals surface area contributed by atoms with Crippen LogP contribution in [0.3, 0.4) is 0 Å². The molecule has 2 heterocycles. The highest BCUT2D eigenvalue weighted by atomic mass is 19.4. The van der Waals surface area contributed by atoms with Crippen LogP contribution in [-0.2, 0) is 11.0 Å². The minimum Gasteiger partial charge on any atom is -0.471 e. The molecule has 0 radical (unpaired) electrons. The molecule has 3 rings (SSSR count). The molecule has 1 fully saturated rings. The van der Waals surface area contributed by atoms with E-state index in [1.165, 1.54) is 0 Å². The van der Waals surface area contributed by atoms with Crippen LogP contribution in [0.1, 0.15) is 30.4 Å². The average molecular weight is 364 g/mol. The molecule has 1 aliphatic heterocycles. The molecule has 7 heteroatoms. The van der Waals surface area contributed by atoms with Crippen LogP contribution < -0.4 is 4.74 Å². The van der Waals surface area contributed by atoms with Crippen LogP contribution in [0.4, 0.5) is 13.2 Å². The number of alkyl halides is 3. The Labute approximate surface area is 149 Å². The van der Waals surface area contributed by atoms with Gasteiger partial charge in [-0.25, -0.2) is 4.98 Å². The lowest BCUT2D eigenvalue weighted by molar-refractivity contribution is -0.142. The van der Waals surface area contributed by atoms with Crippen molar-refractivity contribution in [3.63, 3.8) is 0 Å². The summed E-state index contributed by atoms with van der Waals surface area (Å²) in [4.78, 5) is 18.1. The van der Waals surface area contributed by atoms with Crippen molar-refractivity contribution in [1.29, 1.82) is 0 Å². The molecule has 0 bridgehead atoms. The molecular formula is C19H19F3N2O2. The first-order chi connectivity index (χ1) is 12.4. The van der Waals surface area contributed by atoms with Gasteiger partial charge < -0.3 is 9.64 Å². The molecule has 1 amide bonds. The summed E-state index contributed by atoms with van der Waals surface area (Å²) in [6, 6.07) is 11.3. The van der Waals surface area contributed by atoms with Gasteiger partial charge in [0.25, 0.3) is 0 Å². The molecule has 1 aromatic carbocycles. The highest BCUT2D eigenvalue weighted by Crippen LogP contribution is 2.31. The van der Waals surface area contributed by atoms with Crippen molar-refractivity contribution in [1.82, 2.24) is 9.88 Å². The van der Waals surface area contributed by atoms with Gasteiger partial charge in [0, 0.05) is 12.3 Å². The third-order valence-corrected chi connectivity index (χ3v) is 4.42. The third kappa shape index (κ3) is 3.98. The summed E-state index contributed by atoms with van der Waals surface area (Å²) in [6.45, 7) is 2.65. The highest BCUT2D eigenvalue weighted by molar-refractivity contribution is 5.84. The summed E-state index contributed by atoms with van der Waals surface area (Å²) in [6.07, 6.45) is -3.03. The standard InChI is InChI=1S/C19H19F3N2O2/c1-2-16(13-6-4-3-5-7-13)18(25)24-11-15(12-24)26-17-10-14(8-9-23-17)19(20,21)22/h3-10,15-16H,2,11-12H2,1H3. The fraction of sp³-hybridized carbons (Fsp3) is 0.368. The molecule has 1 atom stereocenters. The number of amides is 1. The van der Waals surface area contributed by atoms with Crippen LogP contribution in [-0.4, -0.2) is 35.0 Å². The lowest BCUT2D eigenvalue weighted by Gasteiger charge is -2.40. The fourth-order valence-electron chi connectivity index (χ4n) is 2.97. The molecule has 2 aromatic rings. The minimum absolute atomic E-state index is 0.00977. The zero-order valence-corrected chi connectivity index (χ0v) is 14.2. The number of aromatic nitrogens is 1. The zero-order valence-electron chi connectivity index (χ0n) is 14.2. The van der Waals surface area contributed by atoms with E-state index in [0.29, 0.717) is 19.5 Å². The number of halogens is 3. The first kappa shape index (κ1) is 18.2. The van der Waals surface area contributed by atoms with E-state index < -0.39 is 11.7 Å². The van der Waals surface area contributed by atoms with Gasteiger partial charge in [0.1, 0.15) is 6.10 Å². The Hall–Kier alpha value is -2.57. The van der Waals surface area contributed by atoms with Crippen LogP contribution in [0.2, 0.25) is 0 Å². The first-order valence-electron chi connectivity index (χ1n) is 8.42. The SMILES string of the molecule is CCC(C(=O)N1CC(Oc2cc(C(F)(F)F)ccn2)C1)c1ccccc1. The van der Waals surface area contributed by atoms with Crippen LogP contribution >= 0.6 is 0 Å². The smallest absolute Gasteiger partial charge is 0.416 e. The minimum atomic E-state index is -4.44. The monoisotopic (exact) mass is 364 g/mol. The molecular weight excluding hydrogens is 345 g/mol. The molecule has 0 saturated carbocycles. The van der Waals surface area contributed by atoms with E-state index in [-0.39, 0.29) is 23.8 Å². The van der Waals surface area contributed by atoms with Crippen molar-refractivity contribution < 1.29 is 22.7 Å². The number of carbonyl (C=O) groups excluding carboxylic acids is 1. The molecule has 4 nitrogen and oxygen atoms in total. The number of hydrogen-bond acceptors (Lipinski definition) is 3. The first-order valence-corrected chi connectivity index (χ1v) is 8.42. The van der Waals surface area contributed by atoms with Gasteiger partial charge in [-0.1, -0.05) is 37.3 Å². The number of hydrogen-bond donors (Lipinski definition) is 0. The Morgan fingerprint density at radius 1 is 1.27 bits per heavy atom. The molecule has 0 spiro atoms. The van der Waals surface area contributed by atoms with Crippen LogP contribution in [0.25, 0.3) is 0 Å². The molecule has 1 aromatic heterocycles. The van der Waals surface area contributed by atoms with Crippen LogP contribution in [0, 0.1) is 0 Å². The maximum atomic E-state index is 12.7. The highest BCUT2D eigenvalue weighted by Gasteiger charge is 2.36. The zero-order chi connectivity index (χ0) is 18.7. The number of nitrogens with zero attached hydrogens (tertiary/aromatic N) is 2. The van der Waals surface area contributed by atoms with Crippen molar-refractivity contribution in [3.8, 4) is 5.88 Å². The van der Waals surface area contributed by atoms with E-state index in [4.69, 9.17) is 4.74 Å². The summed E-state index contributed by atoms with van der Waals surface area (Å²) < 4.78 is 43.6. The second-order valence-corrected chi connectivity index (χ2v) is 6.24. The third-order valence-electron chi connectivity index (χ3n) is 4.42. The fourth-order valence-corrected chi connectivity index (χ4v) is 2.97. The Bertz CT molecular complexity index is 759. The Kier molecular flexibility index (Phi) is 5.15. The van der Waals surface area contributed by atoms with E-state index in [1.807, 2.05) is 37.3 Å². The predicted octanol–water partition coefficient (Wildman–Crippen LogP) is 3.88. The normalized spacial score (nSPS) is 16.1. The van der Waals surface area contributed by atoms with Gasteiger partial charge in [-0.05, 0) is 18.1 Å². The number of rotatable bonds is 5. The van der Waals surface area contributed by atoms with Crippen molar-refractivity contribution in [3.05, 3.63) is 59.8 Å². The van der Waals surface area contributed by atoms with Gasteiger partial charge in [-0.2, -0.15) is 13.2 Å². The van der Waals surface area contributed by atoms with Gasteiger partial charge >= 0.3 is 6.18 Å². The number of benzene rings is 1. The Morgan fingerprint density at radius 3 is 2.58 bits per heavy atom. The Morgan fingerprint density at radius 2 is 1.96 bits per heavy atom. The van der Waals surface area contributed by atoms with Gasteiger partial charge in [0.2, 0.25) is 11.8 Å². The van der Waals surface area contributed by atoms with Crippen LogP contribution in [0.5, 0.6) is 5.88 Å². The molecule has 26 heavy (non-hydrogen) atoms. The van der Waals surface area contributed by atoms with Gasteiger partial charge in [0.15, 0.2) is 0 Å². The molecule has 0 N–H and O–H groups in total. The predicted molar refractivity (Wildman–Crippen MR) is 89.7 cm³/mol. The average Bonchev–Trinajstić information content (AvgIpc) is 2.59. The topological polar surface area (TPSA) is 42.4 Å². The second-order valence-electron chi connectivity index (χ2n) is 6.24. The van der Waals surface area contributed by atoms with E-state index in [9.17, 15) is 18.0 Å². The van der Waals surface area contributed by atoms with Crippen LogP contribution in [0.15, 0.2) is 48.7 Å². The number of likely N-dealkylation sites (tertiary alicyclic amines) is 1. The molecule has 1 aliphatic rings. The summed E-state index contributed by atoms with van der Waals surface area (Å²) in [5, 5.41) is 0. The van der Waals surface area contributed by atoms with Gasteiger partial charge in [-0.3, -0.25) is 4.79 Å². The van der Waals surface area contributed by atoms with E-state index in [2.05, 4.69) is 4.98 Å². The molecule has 1 unspecified atom stereocenters. The van der Waals surface area contributed by atoms with Crippen molar-refractivity contribution in [2.45, 2.75) is 31.5 Å². The van der Waals surface area contributed by atoms with Gasteiger partial charge in [0.05, 0.1) is 24.6 Å². The maximum Gasteiger partial charge on any atom is 0.416 e. The van der Waals surface area contributed by atoms with Crippen molar-refractivity contribution in [2.24, 2.45) is 0 Å². The van der Waals surface area contributed by atoms with E-state index >= 15 is 0 Å².